The van der Waals surface area contributed by atoms with Crippen LogP contribution in [0.1, 0.15) is 49.6 Å². The minimum Gasteiger partial charge on any atom is -0.349 e. The lowest BCUT2D eigenvalue weighted by Crippen LogP contribution is -2.36. The zero-order valence-corrected chi connectivity index (χ0v) is 13.9. The number of aromatic nitrogens is 1. The molecule has 2 rings (SSSR count). The van der Waals surface area contributed by atoms with Crippen LogP contribution in [-0.2, 0) is 11.3 Å². The van der Waals surface area contributed by atoms with Gasteiger partial charge >= 0.3 is 0 Å². The highest BCUT2D eigenvalue weighted by Crippen LogP contribution is 2.20. The molecule has 1 aliphatic heterocycles. The monoisotopic (exact) mass is 299 g/mol. The summed E-state index contributed by atoms with van der Waals surface area (Å²) in [5.41, 5.74) is 3.53. The molecule has 0 atom stereocenters. The molecule has 1 aliphatic rings. The normalized spacial score (nSPS) is 15.7. The van der Waals surface area contributed by atoms with Crippen molar-refractivity contribution in [3.8, 4) is 6.07 Å². The Morgan fingerprint density at radius 2 is 2.00 bits per heavy atom. The predicted octanol–water partition coefficient (Wildman–Crippen LogP) is 3.43. The summed E-state index contributed by atoms with van der Waals surface area (Å²) >= 11 is 0. The Balaban J connectivity index is 2.27. The van der Waals surface area contributed by atoms with Crippen LogP contribution in [0.3, 0.4) is 0 Å². The highest BCUT2D eigenvalue weighted by Gasteiger charge is 2.20. The minimum absolute atomic E-state index is 0.123. The molecule has 1 aromatic rings. The van der Waals surface area contributed by atoms with Gasteiger partial charge in [-0.2, -0.15) is 5.26 Å². The van der Waals surface area contributed by atoms with E-state index in [-0.39, 0.29) is 11.5 Å². The van der Waals surface area contributed by atoms with Crippen molar-refractivity contribution in [2.45, 2.75) is 53.0 Å². The molecule has 1 fully saturated rings. The third-order valence-corrected chi connectivity index (χ3v) is 4.35. The van der Waals surface area contributed by atoms with Crippen LogP contribution in [0, 0.1) is 25.2 Å². The molecule has 1 saturated heterocycles. The smallest absolute Gasteiger partial charge is 0.264 e. The van der Waals surface area contributed by atoms with Crippen LogP contribution in [0.15, 0.2) is 11.6 Å². The largest absolute Gasteiger partial charge is 0.349 e. The summed E-state index contributed by atoms with van der Waals surface area (Å²) < 4.78 is 2.24. The second-order valence-corrected chi connectivity index (χ2v) is 6.00. The molecule has 1 amide bonds. The van der Waals surface area contributed by atoms with Crippen LogP contribution in [-0.4, -0.2) is 28.5 Å². The highest BCUT2D eigenvalue weighted by molar-refractivity contribution is 6.01. The molecule has 0 spiro atoms. The van der Waals surface area contributed by atoms with Gasteiger partial charge < -0.3 is 9.47 Å². The predicted molar refractivity (Wildman–Crippen MR) is 88.2 cm³/mol. The molecule has 22 heavy (non-hydrogen) atoms. The third-order valence-electron chi connectivity index (χ3n) is 4.35. The first-order valence-corrected chi connectivity index (χ1v) is 8.16. The van der Waals surface area contributed by atoms with Gasteiger partial charge in [-0.15, -0.1) is 0 Å². The number of hydrogen-bond donors (Lipinski definition) is 0. The quantitative estimate of drug-likeness (QED) is 0.631. The molecule has 2 heterocycles. The van der Waals surface area contributed by atoms with Gasteiger partial charge in [-0.25, -0.2) is 0 Å². The third kappa shape index (κ3) is 3.41. The lowest BCUT2D eigenvalue weighted by Gasteiger charge is -2.26. The van der Waals surface area contributed by atoms with Gasteiger partial charge in [0.1, 0.15) is 11.6 Å². The van der Waals surface area contributed by atoms with Gasteiger partial charge in [0.05, 0.1) is 0 Å². The van der Waals surface area contributed by atoms with Crippen molar-refractivity contribution in [1.29, 1.82) is 5.26 Å². The van der Waals surface area contributed by atoms with Crippen LogP contribution >= 0.6 is 0 Å². The molecule has 4 heteroatoms. The van der Waals surface area contributed by atoms with E-state index < -0.39 is 0 Å². The van der Waals surface area contributed by atoms with Crippen LogP contribution in [0.2, 0.25) is 0 Å². The van der Waals surface area contributed by atoms with Crippen molar-refractivity contribution in [1.82, 2.24) is 9.47 Å². The zero-order valence-electron chi connectivity index (χ0n) is 13.9. The Morgan fingerprint density at radius 3 is 2.59 bits per heavy atom. The highest BCUT2D eigenvalue weighted by atomic mass is 16.2. The molecular weight excluding hydrogens is 274 g/mol. The molecule has 0 N–H and O–H groups in total. The van der Waals surface area contributed by atoms with E-state index in [9.17, 15) is 10.1 Å². The number of piperidine rings is 1. The lowest BCUT2D eigenvalue weighted by molar-refractivity contribution is -0.127. The molecule has 0 aromatic carbocycles. The van der Waals surface area contributed by atoms with Gasteiger partial charge in [0, 0.05) is 31.0 Å². The lowest BCUT2D eigenvalue weighted by atomic mass is 10.1. The van der Waals surface area contributed by atoms with E-state index in [4.69, 9.17) is 0 Å². The van der Waals surface area contributed by atoms with E-state index in [2.05, 4.69) is 37.5 Å². The number of hydrogen-bond acceptors (Lipinski definition) is 2. The first kappa shape index (κ1) is 16.4. The van der Waals surface area contributed by atoms with E-state index >= 15 is 0 Å². The van der Waals surface area contributed by atoms with Crippen molar-refractivity contribution in [2.24, 2.45) is 0 Å². The number of amides is 1. The molecular formula is C18H25N3O. The molecule has 0 saturated carbocycles. The van der Waals surface area contributed by atoms with Crippen LogP contribution < -0.4 is 0 Å². The molecule has 118 valence electrons. The fraction of sp³-hybridized carbons (Fsp3) is 0.556. The number of aryl methyl sites for hydroxylation is 1. The molecule has 0 aliphatic carbocycles. The Kier molecular flexibility index (Phi) is 5.43. The summed E-state index contributed by atoms with van der Waals surface area (Å²) in [5, 5.41) is 9.39. The van der Waals surface area contributed by atoms with Crippen LogP contribution in [0.5, 0.6) is 0 Å². The Morgan fingerprint density at radius 1 is 1.32 bits per heavy atom. The first-order valence-electron chi connectivity index (χ1n) is 8.16. The number of nitrogens with zero attached hydrogens (tertiary/aromatic N) is 3. The maximum Gasteiger partial charge on any atom is 0.264 e. The standard InChI is InChI=1S/C18H25N3O/c1-4-8-21-14(2)11-16(15(21)3)12-17(13-19)18(22)20-9-6-5-7-10-20/h11-12H,4-10H2,1-3H3. The second-order valence-electron chi connectivity index (χ2n) is 6.00. The molecule has 0 radical (unpaired) electrons. The van der Waals surface area contributed by atoms with Gasteiger partial charge in [0.25, 0.3) is 5.91 Å². The number of likely N-dealkylation sites (tertiary alicyclic amines) is 1. The van der Waals surface area contributed by atoms with Crippen molar-refractivity contribution < 1.29 is 4.79 Å². The van der Waals surface area contributed by atoms with Crippen LogP contribution in [0.4, 0.5) is 0 Å². The summed E-state index contributed by atoms with van der Waals surface area (Å²) in [7, 11) is 0. The summed E-state index contributed by atoms with van der Waals surface area (Å²) in [6.45, 7) is 8.77. The average molecular weight is 299 g/mol. The fourth-order valence-corrected chi connectivity index (χ4v) is 3.11. The summed E-state index contributed by atoms with van der Waals surface area (Å²) in [6.07, 6.45) is 6.07. The number of nitriles is 1. The zero-order chi connectivity index (χ0) is 16.1. The number of carbonyl (C=O) groups is 1. The molecule has 4 nitrogen and oxygen atoms in total. The Hall–Kier alpha value is -2.02. The molecule has 1 aromatic heterocycles. The maximum absolute atomic E-state index is 12.5. The van der Waals surface area contributed by atoms with E-state index in [0.717, 1.165) is 50.2 Å². The van der Waals surface area contributed by atoms with E-state index in [1.54, 1.807) is 6.08 Å². The Bertz CT molecular complexity index is 613. The van der Waals surface area contributed by atoms with E-state index in [1.807, 2.05) is 4.90 Å². The van der Waals surface area contributed by atoms with Gasteiger partial charge in [-0.3, -0.25) is 4.79 Å². The van der Waals surface area contributed by atoms with Crippen molar-refractivity contribution in [2.75, 3.05) is 13.1 Å². The number of rotatable bonds is 4. The van der Waals surface area contributed by atoms with Crippen LogP contribution in [0.25, 0.3) is 6.08 Å². The second kappa shape index (κ2) is 7.31. The fourth-order valence-electron chi connectivity index (χ4n) is 3.11. The topological polar surface area (TPSA) is 49.0 Å². The molecule has 0 bridgehead atoms. The summed E-state index contributed by atoms with van der Waals surface area (Å²) in [6, 6.07) is 4.16. The van der Waals surface area contributed by atoms with Gasteiger partial charge in [-0.05, 0) is 57.2 Å². The van der Waals surface area contributed by atoms with Crippen molar-refractivity contribution in [3.05, 3.63) is 28.6 Å². The first-order chi connectivity index (χ1) is 10.6. The number of carbonyl (C=O) groups excluding carboxylic acids is 1. The van der Waals surface area contributed by atoms with E-state index in [1.165, 1.54) is 12.1 Å². The Labute approximate surface area is 133 Å². The van der Waals surface area contributed by atoms with Crippen molar-refractivity contribution >= 4 is 12.0 Å². The van der Waals surface area contributed by atoms with Gasteiger partial charge in [0.15, 0.2) is 0 Å². The minimum atomic E-state index is -0.123. The van der Waals surface area contributed by atoms with Gasteiger partial charge in [0.2, 0.25) is 0 Å². The average Bonchev–Trinajstić information content (AvgIpc) is 2.80. The summed E-state index contributed by atoms with van der Waals surface area (Å²) in [5.74, 6) is -0.123. The summed E-state index contributed by atoms with van der Waals surface area (Å²) in [4.78, 5) is 14.3. The van der Waals surface area contributed by atoms with Gasteiger partial charge in [-0.1, -0.05) is 6.92 Å². The van der Waals surface area contributed by atoms with Crippen molar-refractivity contribution in [3.63, 3.8) is 0 Å². The SMILES string of the molecule is CCCn1c(C)cc(C=C(C#N)C(=O)N2CCCCC2)c1C. The van der Waals surface area contributed by atoms with E-state index in [0.29, 0.717) is 0 Å². The molecule has 0 unspecified atom stereocenters. The maximum atomic E-state index is 12.5.